The first-order valence-corrected chi connectivity index (χ1v) is 5.58. The van der Waals surface area contributed by atoms with E-state index in [9.17, 15) is 4.79 Å². The van der Waals surface area contributed by atoms with Gasteiger partial charge < -0.3 is 9.73 Å². The lowest BCUT2D eigenvalue weighted by Crippen LogP contribution is -2.10. The summed E-state index contributed by atoms with van der Waals surface area (Å²) in [6.45, 7) is 4.02. The van der Waals surface area contributed by atoms with E-state index in [0.29, 0.717) is 0 Å². The molecule has 1 aromatic heterocycles. The number of carbonyl (C=O) groups excluding carboxylic acids is 1. The number of amides is 1. The third-order valence-corrected chi connectivity index (χ3v) is 2.76. The van der Waals surface area contributed by atoms with Crippen molar-refractivity contribution in [2.75, 3.05) is 5.32 Å². The molecule has 0 aliphatic heterocycles. The van der Waals surface area contributed by atoms with E-state index in [-0.39, 0.29) is 16.9 Å². The molecule has 17 heavy (non-hydrogen) atoms. The van der Waals surface area contributed by atoms with Gasteiger partial charge in [0.2, 0.25) is 0 Å². The van der Waals surface area contributed by atoms with Gasteiger partial charge in [-0.3, -0.25) is 4.79 Å². The molecule has 0 aliphatic carbocycles. The van der Waals surface area contributed by atoms with Gasteiger partial charge in [0.25, 0.3) is 5.91 Å². The van der Waals surface area contributed by atoms with Crippen molar-refractivity contribution in [3.05, 3.63) is 52.4 Å². The Morgan fingerprint density at radius 1 is 1.18 bits per heavy atom. The van der Waals surface area contributed by atoms with Crippen LogP contribution < -0.4 is 5.32 Å². The summed E-state index contributed by atoms with van der Waals surface area (Å²) < 4.78 is 5.02. The first-order chi connectivity index (χ1) is 8.06. The van der Waals surface area contributed by atoms with Crippen molar-refractivity contribution in [3.63, 3.8) is 0 Å². The van der Waals surface area contributed by atoms with Gasteiger partial charge >= 0.3 is 0 Å². The van der Waals surface area contributed by atoms with Crippen molar-refractivity contribution in [2.24, 2.45) is 0 Å². The third kappa shape index (κ3) is 2.68. The Hall–Kier alpha value is -1.74. The van der Waals surface area contributed by atoms with Crippen LogP contribution in [-0.2, 0) is 0 Å². The summed E-state index contributed by atoms with van der Waals surface area (Å²) in [4.78, 5) is 11.8. The highest BCUT2D eigenvalue weighted by atomic mass is 35.5. The summed E-state index contributed by atoms with van der Waals surface area (Å²) in [6.07, 6.45) is 0. The van der Waals surface area contributed by atoms with Gasteiger partial charge in [-0.15, -0.1) is 0 Å². The average molecular weight is 250 g/mol. The Balaban J connectivity index is 2.15. The second-order valence-corrected chi connectivity index (χ2v) is 4.23. The van der Waals surface area contributed by atoms with Crippen molar-refractivity contribution < 1.29 is 9.21 Å². The molecule has 88 valence electrons. The molecule has 0 radical (unpaired) electrons. The number of benzene rings is 1. The van der Waals surface area contributed by atoms with Gasteiger partial charge in [-0.2, -0.15) is 0 Å². The van der Waals surface area contributed by atoms with E-state index in [4.69, 9.17) is 16.0 Å². The molecule has 1 amide bonds. The lowest BCUT2D eigenvalue weighted by molar-refractivity contribution is 0.0997. The lowest BCUT2D eigenvalue weighted by atomic mass is 10.1. The van der Waals surface area contributed by atoms with Gasteiger partial charge in [-0.25, -0.2) is 0 Å². The van der Waals surface area contributed by atoms with E-state index >= 15 is 0 Å². The molecule has 2 aromatic rings. The summed E-state index contributed by atoms with van der Waals surface area (Å²) >= 11 is 5.61. The van der Waals surface area contributed by atoms with Crippen LogP contribution in [0.15, 0.2) is 34.7 Å². The zero-order valence-corrected chi connectivity index (χ0v) is 10.3. The predicted octanol–water partition coefficient (Wildman–Crippen LogP) is 3.80. The van der Waals surface area contributed by atoms with Crippen molar-refractivity contribution >= 4 is 23.2 Å². The number of furan rings is 1. The van der Waals surface area contributed by atoms with Gasteiger partial charge in [0, 0.05) is 5.69 Å². The molecule has 1 N–H and O–H groups in total. The lowest BCUT2D eigenvalue weighted by Gasteiger charge is -2.06. The number of hydrogen-bond donors (Lipinski definition) is 1. The highest BCUT2D eigenvalue weighted by Crippen LogP contribution is 2.17. The van der Waals surface area contributed by atoms with E-state index in [1.807, 2.05) is 32.0 Å². The Bertz CT molecular complexity index is 560. The first kappa shape index (κ1) is 11.7. The van der Waals surface area contributed by atoms with Crippen LogP contribution in [0.5, 0.6) is 0 Å². The topological polar surface area (TPSA) is 42.2 Å². The van der Waals surface area contributed by atoms with Crippen molar-refractivity contribution in [3.8, 4) is 0 Å². The molecule has 0 bridgehead atoms. The standard InChI is InChI=1S/C13H12ClNO2/c1-8-3-4-10(7-9(8)2)15-13(16)11-5-6-12(14)17-11/h3-7H,1-2H3,(H,15,16). The minimum atomic E-state index is -0.305. The van der Waals surface area contributed by atoms with Crippen LogP contribution in [0.3, 0.4) is 0 Å². The van der Waals surface area contributed by atoms with Crippen LogP contribution in [-0.4, -0.2) is 5.91 Å². The van der Waals surface area contributed by atoms with Gasteiger partial charge in [0.15, 0.2) is 11.0 Å². The Morgan fingerprint density at radius 2 is 1.94 bits per heavy atom. The average Bonchev–Trinajstić information content (AvgIpc) is 2.70. The number of nitrogens with one attached hydrogen (secondary N) is 1. The molecule has 2 rings (SSSR count). The van der Waals surface area contributed by atoms with Crippen LogP contribution >= 0.6 is 11.6 Å². The molecule has 0 saturated heterocycles. The number of halogens is 1. The Morgan fingerprint density at radius 3 is 2.53 bits per heavy atom. The monoisotopic (exact) mass is 249 g/mol. The largest absolute Gasteiger partial charge is 0.440 e. The van der Waals surface area contributed by atoms with Crippen molar-refractivity contribution in [1.29, 1.82) is 0 Å². The van der Waals surface area contributed by atoms with Gasteiger partial charge in [-0.1, -0.05) is 6.07 Å². The minimum Gasteiger partial charge on any atom is -0.440 e. The number of carbonyl (C=O) groups is 1. The van der Waals surface area contributed by atoms with Crippen molar-refractivity contribution in [1.82, 2.24) is 0 Å². The molecule has 0 saturated carbocycles. The number of anilines is 1. The summed E-state index contributed by atoms with van der Waals surface area (Å²) in [5, 5.41) is 2.95. The molecule has 1 heterocycles. The highest BCUT2D eigenvalue weighted by Gasteiger charge is 2.10. The zero-order valence-electron chi connectivity index (χ0n) is 9.58. The molecule has 1 aromatic carbocycles. The smallest absolute Gasteiger partial charge is 0.291 e. The number of aryl methyl sites for hydroxylation is 2. The summed E-state index contributed by atoms with van der Waals surface area (Å²) in [6, 6.07) is 8.80. The second-order valence-electron chi connectivity index (χ2n) is 3.86. The minimum absolute atomic E-state index is 0.202. The number of hydrogen-bond acceptors (Lipinski definition) is 2. The van der Waals surface area contributed by atoms with Crippen LogP contribution in [0, 0.1) is 13.8 Å². The fourth-order valence-corrected chi connectivity index (χ4v) is 1.59. The normalized spacial score (nSPS) is 10.3. The fraction of sp³-hybridized carbons (Fsp3) is 0.154. The summed E-state index contributed by atoms with van der Waals surface area (Å²) in [7, 11) is 0. The molecule has 0 aliphatic rings. The van der Waals surface area contributed by atoms with Gasteiger partial charge in [-0.05, 0) is 60.8 Å². The maximum absolute atomic E-state index is 11.8. The molecule has 3 nitrogen and oxygen atoms in total. The van der Waals surface area contributed by atoms with E-state index in [0.717, 1.165) is 11.3 Å². The van der Waals surface area contributed by atoms with E-state index < -0.39 is 0 Å². The van der Waals surface area contributed by atoms with Gasteiger partial charge in [0.1, 0.15) is 0 Å². The van der Waals surface area contributed by atoms with E-state index in [1.165, 1.54) is 11.6 Å². The number of rotatable bonds is 2. The molecular formula is C13H12ClNO2. The molecule has 0 unspecified atom stereocenters. The van der Waals surface area contributed by atoms with Gasteiger partial charge in [0.05, 0.1) is 0 Å². The zero-order chi connectivity index (χ0) is 12.4. The molecule has 4 heteroatoms. The van der Waals surface area contributed by atoms with Crippen molar-refractivity contribution in [2.45, 2.75) is 13.8 Å². The second kappa shape index (κ2) is 4.63. The molecule has 0 fully saturated rings. The quantitative estimate of drug-likeness (QED) is 0.880. The molecular weight excluding hydrogens is 238 g/mol. The summed E-state index contributed by atoms with van der Waals surface area (Å²) in [5.41, 5.74) is 3.05. The Kier molecular flexibility index (Phi) is 3.20. The van der Waals surface area contributed by atoms with Crippen LogP contribution in [0.2, 0.25) is 5.22 Å². The Labute approximate surface area is 104 Å². The summed E-state index contributed by atoms with van der Waals surface area (Å²) in [5.74, 6) is -0.103. The molecule has 0 spiro atoms. The third-order valence-electron chi connectivity index (χ3n) is 2.56. The maximum Gasteiger partial charge on any atom is 0.291 e. The van der Waals surface area contributed by atoms with Crippen LogP contribution in [0.4, 0.5) is 5.69 Å². The van der Waals surface area contributed by atoms with Crippen LogP contribution in [0.1, 0.15) is 21.7 Å². The van der Waals surface area contributed by atoms with E-state index in [2.05, 4.69) is 5.32 Å². The van der Waals surface area contributed by atoms with E-state index in [1.54, 1.807) is 6.07 Å². The molecule has 0 atom stereocenters. The SMILES string of the molecule is Cc1ccc(NC(=O)c2ccc(Cl)o2)cc1C. The highest BCUT2D eigenvalue weighted by molar-refractivity contribution is 6.29. The fourth-order valence-electron chi connectivity index (χ4n) is 1.45. The maximum atomic E-state index is 11.8. The van der Waals surface area contributed by atoms with Crippen LogP contribution in [0.25, 0.3) is 0 Å². The first-order valence-electron chi connectivity index (χ1n) is 5.20. The predicted molar refractivity (Wildman–Crippen MR) is 67.6 cm³/mol.